The number of hydrogen-bond acceptors (Lipinski definition) is 5. The van der Waals surface area contributed by atoms with Gasteiger partial charge in [-0.1, -0.05) is 17.7 Å². The van der Waals surface area contributed by atoms with Crippen LogP contribution in [0.4, 0.5) is 0 Å². The molecule has 3 aromatic rings. The number of benzene rings is 1. The Morgan fingerprint density at radius 1 is 1.04 bits per heavy atom. The van der Waals surface area contributed by atoms with Crippen LogP contribution in [0.5, 0.6) is 0 Å². The average molecular weight is 323 g/mol. The Hall–Kier alpha value is -2.40. The maximum Gasteiger partial charge on any atom is 0.247 e. The van der Waals surface area contributed by atoms with Crippen molar-refractivity contribution in [1.82, 2.24) is 15.1 Å². The summed E-state index contributed by atoms with van der Waals surface area (Å²) >= 11 is 0. The van der Waals surface area contributed by atoms with Gasteiger partial charge in [0.15, 0.2) is 0 Å². The molecular weight excluding hydrogens is 302 g/mol. The molecule has 1 aliphatic heterocycles. The van der Waals surface area contributed by atoms with Crippen LogP contribution in [0.2, 0.25) is 0 Å². The Morgan fingerprint density at radius 3 is 2.62 bits per heavy atom. The monoisotopic (exact) mass is 323 g/mol. The number of likely N-dealkylation sites (tertiary alicyclic amines) is 1. The van der Waals surface area contributed by atoms with E-state index in [-0.39, 0.29) is 0 Å². The van der Waals surface area contributed by atoms with Gasteiger partial charge < -0.3 is 8.83 Å². The molecule has 1 atom stereocenters. The standard InChI is InChI=1S/C19H21N3O2/c1-13-3-6-15(7-4-13)18-20-21-19(24-18)16-9-10-22(11-16)12-17-8-5-14(2)23-17/h3-8,16H,9-12H2,1-2H3/t16-/m0/s1. The summed E-state index contributed by atoms with van der Waals surface area (Å²) in [5.41, 5.74) is 2.19. The maximum atomic E-state index is 5.92. The van der Waals surface area contributed by atoms with E-state index >= 15 is 0 Å². The van der Waals surface area contributed by atoms with Crippen LogP contribution in [0, 0.1) is 13.8 Å². The predicted molar refractivity (Wildman–Crippen MR) is 90.6 cm³/mol. The molecule has 0 spiro atoms. The Morgan fingerprint density at radius 2 is 1.88 bits per heavy atom. The van der Waals surface area contributed by atoms with Crippen molar-refractivity contribution in [3.63, 3.8) is 0 Å². The van der Waals surface area contributed by atoms with Crippen molar-refractivity contribution in [3.05, 3.63) is 59.4 Å². The first-order valence-corrected chi connectivity index (χ1v) is 8.35. The van der Waals surface area contributed by atoms with Gasteiger partial charge in [-0.25, -0.2) is 0 Å². The molecule has 0 N–H and O–H groups in total. The quantitative estimate of drug-likeness (QED) is 0.728. The molecule has 0 saturated carbocycles. The van der Waals surface area contributed by atoms with Gasteiger partial charge >= 0.3 is 0 Å². The van der Waals surface area contributed by atoms with Crippen molar-refractivity contribution in [2.24, 2.45) is 0 Å². The van der Waals surface area contributed by atoms with E-state index in [9.17, 15) is 0 Å². The van der Waals surface area contributed by atoms with Crippen molar-refractivity contribution < 1.29 is 8.83 Å². The van der Waals surface area contributed by atoms with Crippen LogP contribution < -0.4 is 0 Å². The predicted octanol–water partition coefficient (Wildman–Crippen LogP) is 3.94. The summed E-state index contributed by atoms with van der Waals surface area (Å²) in [7, 11) is 0. The molecule has 0 radical (unpaired) electrons. The molecule has 5 nitrogen and oxygen atoms in total. The Kier molecular flexibility index (Phi) is 3.94. The first-order valence-electron chi connectivity index (χ1n) is 8.35. The third kappa shape index (κ3) is 3.12. The molecule has 2 aromatic heterocycles. The number of furan rings is 1. The smallest absolute Gasteiger partial charge is 0.247 e. The van der Waals surface area contributed by atoms with Crippen LogP contribution in [0.3, 0.4) is 0 Å². The van der Waals surface area contributed by atoms with Crippen molar-refractivity contribution in [2.75, 3.05) is 13.1 Å². The molecule has 0 aliphatic carbocycles. The minimum Gasteiger partial charge on any atom is -0.465 e. The summed E-state index contributed by atoms with van der Waals surface area (Å²) < 4.78 is 11.6. The molecule has 5 heteroatoms. The number of hydrogen-bond donors (Lipinski definition) is 0. The molecule has 0 unspecified atom stereocenters. The first kappa shape index (κ1) is 15.1. The zero-order valence-corrected chi connectivity index (χ0v) is 14.0. The summed E-state index contributed by atoms with van der Waals surface area (Å²) in [4.78, 5) is 2.37. The number of aromatic nitrogens is 2. The zero-order valence-electron chi connectivity index (χ0n) is 14.0. The highest BCUT2D eigenvalue weighted by Gasteiger charge is 2.28. The zero-order chi connectivity index (χ0) is 16.5. The molecule has 1 aromatic carbocycles. The Balaban J connectivity index is 1.43. The normalized spacial score (nSPS) is 18.3. The van der Waals surface area contributed by atoms with Crippen LogP contribution in [-0.2, 0) is 6.54 Å². The maximum absolute atomic E-state index is 5.92. The van der Waals surface area contributed by atoms with Gasteiger partial charge in [0.1, 0.15) is 11.5 Å². The van der Waals surface area contributed by atoms with Crippen LogP contribution >= 0.6 is 0 Å². The van der Waals surface area contributed by atoms with Crippen molar-refractivity contribution in [2.45, 2.75) is 32.7 Å². The van der Waals surface area contributed by atoms with E-state index in [4.69, 9.17) is 8.83 Å². The largest absolute Gasteiger partial charge is 0.465 e. The van der Waals surface area contributed by atoms with E-state index in [1.807, 2.05) is 31.2 Å². The fraction of sp³-hybridized carbons (Fsp3) is 0.368. The summed E-state index contributed by atoms with van der Waals surface area (Å²) in [6, 6.07) is 12.2. The summed E-state index contributed by atoms with van der Waals surface area (Å²) in [5, 5.41) is 8.50. The van der Waals surface area contributed by atoms with Gasteiger partial charge in [0, 0.05) is 12.1 Å². The summed E-state index contributed by atoms with van der Waals surface area (Å²) in [6.07, 6.45) is 1.04. The van der Waals surface area contributed by atoms with Crippen LogP contribution in [0.25, 0.3) is 11.5 Å². The van der Waals surface area contributed by atoms with E-state index in [1.54, 1.807) is 0 Å². The lowest BCUT2D eigenvalue weighted by atomic mass is 10.1. The lowest BCUT2D eigenvalue weighted by molar-refractivity contribution is 0.287. The number of rotatable bonds is 4. The number of aryl methyl sites for hydroxylation is 2. The van der Waals surface area contributed by atoms with Crippen LogP contribution in [0.15, 0.2) is 45.2 Å². The van der Waals surface area contributed by atoms with E-state index in [1.165, 1.54) is 5.56 Å². The molecule has 0 amide bonds. The fourth-order valence-electron chi connectivity index (χ4n) is 3.18. The van der Waals surface area contributed by atoms with Crippen molar-refractivity contribution >= 4 is 0 Å². The van der Waals surface area contributed by atoms with Gasteiger partial charge in [0.2, 0.25) is 11.8 Å². The topological polar surface area (TPSA) is 55.3 Å². The lowest BCUT2D eigenvalue weighted by Crippen LogP contribution is -2.19. The third-order valence-electron chi connectivity index (χ3n) is 4.54. The van der Waals surface area contributed by atoms with Crippen molar-refractivity contribution in [1.29, 1.82) is 0 Å². The molecule has 24 heavy (non-hydrogen) atoms. The van der Waals surface area contributed by atoms with Gasteiger partial charge in [-0.15, -0.1) is 10.2 Å². The second-order valence-corrected chi connectivity index (χ2v) is 6.54. The first-order chi connectivity index (χ1) is 11.7. The molecule has 1 fully saturated rings. The highest BCUT2D eigenvalue weighted by atomic mass is 16.4. The van der Waals surface area contributed by atoms with Gasteiger partial charge in [-0.3, -0.25) is 4.90 Å². The summed E-state index contributed by atoms with van der Waals surface area (Å²) in [5.74, 6) is 3.61. The van der Waals surface area contributed by atoms with E-state index in [0.717, 1.165) is 49.0 Å². The SMILES string of the molecule is Cc1ccc(-c2nnc([C@H]3CCN(Cc4ccc(C)o4)C3)o2)cc1. The molecule has 0 bridgehead atoms. The Bertz CT molecular complexity index is 819. The molecule has 1 saturated heterocycles. The molecule has 4 rings (SSSR count). The molecular formula is C19H21N3O2. The molecule has 3 heterocycles. The third-order valence-corrected chi connectivity index (χ3v) is 4.54. The average Bonchev–Trinajstić information content (AvgIpc) is 3.29. The van der Waals surface area contributed by atoms with Crippen molar-refractivity contribution in [3.8, 4) is 11.5 Å². The fourth-order valence-corrected chi connectivity index (χ4v) is 3.18. The minimum absolute atomic E-state index is 0.299. The van der Waals surface area contributed by atoms with E-state index < -0.39 is 0 Å². The van der Waals surface area contributed by atoms with Crippen LogP contribution in [-0.4, -0.2) is 28.2 Å². The second-order valence-electron chi connectivity index (χ2n) is 6.54. The highest BCUT2D eigenvalue weighted by Crippen LogP contribution is 2.29. The minimum atomic E-state index is 0.299. The number of nitrogens with zero attached hydrogens (tertiary/aromatic N) is 3. The van der Waals surface area contributed by atoms with E-state index in [0.29, 0.717) is 11.8 Å². The molecule has 1 aliphatic rings. The highest BCUT2D eigenvalue weighted by molar-refractivity contribution is 5.52. The van der Waals surface area contributed by atoms with E-state index in [2.05, 4.69) is 34.2 Å². The van der Waals surface area contributed by atoms with Gasteiger partial charge in [-0.05, 0) is 51.1 Å². The van der Waals surface area contributed by atoms with Crippen LogP contribution in [0.1, 0.15) is 35.3 Å². The second kappa shape index (κ2) is 6.24. The van der Waals surface area contributed by atoms with Gasteiger partial charge in [0.05, 0.1) is 12.5 Å². The summed E-state index contributed by atoms with van der Waals surface area (Å²) in [6.45, 7) is 6.82. The molecule has 124 valence electrons. The van der Waals surface area contributed by atoms with Gasteiger partial charge in [0.25, 0.3) is 0 Å². The van der Waals surface area contributed by atoms with Gasteiger partial charge in [-0.2, -0.15) is 0 Å². The lowest BCUT2D eigenvalue weighted by Gasteiger charge is -2.12. The Labute approximate surface area is 141 Å².